The largest absolute Gasteiger partial charge is 0.314 e. The van der Waals surface area contributed by atoms with Crippen LogP contribution in [0.15, 0.2) is 0 Å². The van der Waals surface area contributed by atoms with Crippen molar-refractivity contribution in [3.8, 4) is 0 Å². The van der Waals surface area contributed by atoms with Gasteiger partial charge in [-0.3, -0.25) is 0 Å². The zero-order chi connectivity index (χ0) is 6.81. The molecule has 1 N–H and O–H groups in total. The standard InChI is InChI=1S/C9H17N/c1-2-6-9-8(4-1)5-3-7-10-9/h8-10H,1-7H2/t8-,9?/m0/s1. The number of nitrogens with one attached hydrogen (secondary N) is 1. The molecule has 58 valence electrons. The van der Waals surface area contributed by atoms with Gasteiger partial charge < -0.3 is 5.32 Å². The van der Waals surface area contributed by atoms with Gasteiger partial charge in [0, 0.05) is 6.04 Å². The van der Waals surface area contributed by atoms with Gasteiger partial charge in [-0.2, -0.15) is 0 Å². The van der Waals surface area contributed by atoms with Crippen molar-refractivity contribution in [1.29, 1.82) is 0 Å². The lowest BCUT2D eigenvalue weighted by Crippen LogP contribution is -2.42. The molecule has 0 bridgehead atoms. The van der Waals surface area contributed by atoms with E-state index in [1.807, 2.05) is 0 Å². The van der Waals surface area contributed by atoms with E-state index >= 15 is 0 Å². The highest BCUT2D eigenvalue weighted by atomic mass is 14.9. The Balaban J connectivity index is 1.93. The van der Waals surface area contributed by atoms with Gasteiger partial charge in [0.1, 0.15) is 0 Å². The van der Waals surface area contributed by atoms with Crippen LogP contribution in [-0.2, 0) is 0 Å². The summed E-state index contributed by atoms with van der Waals surface area (Å²) in [6.07, 6.45) is 8.82. The van der Waals surface area contributed by atoms with Crippen molar-refractivity contribution in [2.24, 2.45) is 5.92 Å². The number of rotatable bonds is 0. The number of hydrogen-bond acceptors (Lipinski definition) is 1. The summed E-state index contributed by atoms with van der Waals surface area (Å²) in [6, 6.07) is 0.905. The van der Waals surface area contributed by atoms with Gasteiger partial charge in [-0.1, -0.05) is 12.8 Å². The minimum absolute atomic E-state index is 0.905. The molecule has 1 nitrogen and oxygen atoms in total. The van der Waals surface area contributed by atoms with E-state index in [-0.39, 0.29) is 0 Å². The Morgan fingerprint density at radius 3 is 2.60 bits per heavy atom. The van der Waals surface area contributed by atoms with E-state index in [0.717, 1.165) is 12.0 Å². The molecule has 0 spiro atoms. The van der Waals surface area contributed by atoms with Crippen LogP contribution >= 0.6 is 0 Å². The molecule has 0 aromatic heterocycles. The predicted molar refractivity (Wildman–Crippen MR) is 43.0 cm³/mol. The molecule has 1 heterocycles. The van der Waals surface area contributed by atoms with Crippen LogP contribution in [0.3, 0.4) is 0 Å². The van der Waals surface area contributed by atoms with Crippen molar-refractivity contribution in [3.05, 3.63) is 0 Å². The lowest BCUT2D eigenvalue weighted by Gasteiger charge is -2.36. The number of fused-ring (bicyclic) bond motifs is 1. The molecule has 2 fully saturated rings. The maximum atomic E-state index is 3.62. The van der Waals surface area contributed by atoms with Gasteiger partial charge in [0.15, 0.2) is 0 Å². The van der Waals surface area contributed by atoms with E-state index in [0.29, 0.717) is 0 Å². The molecule has 0 aromatic rings. The number of hydrogen-bond donors (Lipinski definition) is 1. The van der Waals surface area contributed by atoms with E-state index in [1.54, 1.807) is 0 Å². The average molecular weight is 139 g/mol. The third kappa shape index (κ3) is 1.20. The molecule has 2 atom stereocenters. The quantitative estimate of drug-likeness (QED) is 0.540. The van der Waals surface area contributed by atoms with Crippen LogP contribution in [0.1, 0.15) is 38.5 Å². The maximum absolute atomic E-state index is 3.62. The van der Waals surface area contributed by atoms with Crippen molar-refractivity contribution in [2.75, 3.05) is 6.54 Å². The summed E-state index contributed by atoms with van der Waals surface area (Å²) in [5, 5.41) is 3.62. The van der Waals surface area contributed by atoms with E-state index < -0.39 is 0 Å². The van der Waals surface area contributed by atoms with Crippen LogP contribution in [0.5, 0.6) is 0 Å². The Hall–Kier alpha value is -0.0400. The molecule has 1 unspecified atom stereocenters. The molecule has 2 aliphatic rings. The van der Waals surface area contributed by atoms with Crippen molar-refractivity contribution in [3.63, 3.8) is 0 Å². The highest BCUT2D eigenvalue weighted by Crippen LogP contribution is 2.29. The molecule has 0 aromatic carbocycles. The van der Waals surface area contributed by atoms with Crippen molar-refractivity contribution in [1.82, 2.24) is 5.32 Å². The van der Waals surface area contributed by atoms with Gasteiger partial charge in [-0.25, -0.2) is 0 Å². The first-order valence-corrected chi connectivity index (χ1v) is 4.70. The summed E-state index contributed by atoms with van der Waals surface area (Å²) >= 11 is 0. The Bertz CT molecular complexity index is 85.3. The molecule has 1 saturated carbocycles. The highest BCUT2D eigenvalue weighted by molar-refractivity contribution is 4.84. The fourth-order valence-corrected chi connectivity index (χ4v) is 2.47. The average Bonchev–Trinajstić information content (AvgIpc) is 2.05. The second-order valence-electron chi connectivity index (χ2n) is 3.75. The lowest BCUT2D eigenvalue weighted by molar-refractivity contribution is 0.212. The maximum Gasteiger partial charge on any atom is 0.00953 e. The van der Waals surface area contributed by atoms with Gasteiger partial charge in [0.25, 0.3) is 0 Å². The van der Waals surface area contributed by atoms with Gasteiger partial charge in [0.05, 0.1) is 0 Å². The SMILES string of the molecule is C1CC[C@H]2CCCNC2C1. The lowest BCUT2D eigenvalue weighted by atomic mass is 9.80. The molecule has 1 heteroatoms. The molecule has 1 aliphatic carbocycles. The molecule has 0 radical (unpaired) electrons. The van der Waals surface area contributed by atoms with E-state index in [2.05, 4.69) is 5.32 Å². The van der Waals surface area contributed by atoms with Gasteiger partial charge in [0.2, 0.25) is 0 Å². The van der Waals surface area contributed by atoms with E-state index in [1.165, 1.54) is 45.1 Å². The zero-order valence-electron chi connectivity index (χ0n) is 6.60. The fourth-order valence-electron chi connectivity index (χ4n) is 2.47. The second-order valence-corrected chi connectivity index (χ2v) is 3.75. The summed E-state index contributed by atoms with van der Waals surface area (Å²) in [7, 11) is 0. The summed E-state index contributed by atoms with van der Waals surface area (Å²) in [4.78, 5) is 0. The summed E-state index contributed by atoms with van der Waals surface area (Å²) in [5.41, 5.74) is 0. The first kappa shape index (κ1) is 6.66. The van der Waals surface area contributed by atoms with Crippen molar-refractivity contribution < 1.29 is 0 Å². The molecular formula is C9H17N. The normalized spacial score (nSPS) is 40.8. The Morgan fingerprint density at radius 2 is 1.70 bits per heavy atom. The van der Waals surface area contributed by atoms with Gasteiger partial charge >= 0.3 is 0 Å². The summed E-state index contributed by atoms with van der Waals surface area (Å²) in [5.74, 6) is 1.04. The molecule has 2 rings (SSSR count). The number of piperidine rings is 1. The third-order valence-electron chi connectivity index (χ3n) is 3.07. The highest BCUT2D eigenvalue weighted by Gasteiger charge is 2.26. The smallest absolute Gasteiger partial charge is 0.00953 e. The summed E-state index contributed by atoms with van der Waals surface area (Å²) in [6.45, 7) is 1.28. The topological polar surface area (TPSA) is 12.0 Å². The molecule has 10 heavy (non-hydrogen) atoms. The fraction of sp³-hybridized carbons (Fsp3) is 1.00. The van der Waals surface area contributed by atoms with Gasteiger partial charge in [-0.15, -0.1) is 0 Å². The third-order valence-corrected chi connectivity index (χ3v) is 3.07. The van der Waals surface area contributed by atoms with Crippen LogP contribution in [0.25, 0.3) is 0 Å². The molecule has 1 saturated heterocycles. The van der Waals surface area contributed by atoms with Crippen molar-refractivity contribution >= 4 is 0 Å². The first-order valence-electron chi connectivity index (χ1n) is 4.70. The molecule has 1 aliphatic heterocycles. The Labute approximate surface area is 63.2 Å². The summed E-state index contributed by atoms with van der Waals surface area (Å²) < 4.78 is 0. The van der Waals surface area contributed by atoms with Crippen LogP contribution in [0.4, 0.5) is 0 Å². The van der Waals surface area contributed by atoms with Crippen molar-refractivity contribution in [2.45, 2.75) is 44.6 Å². The predicted octanol–water partition coefficient (Wildman–Crippen LogP) is 1.93. The van der Waals surface area contributed by atoms with Gasteiger partial charge in [-0.05, 0) is 38.1 Å². The Kier molecular flexibility index (Phi) is 1.94. The monoisotopic (exact) mass is 139 g/mol. The van der Waals surface area contributed by atoms with E-state index in [4.69, 9.17) is 0 Å². The minimum Gasteiger partial charge on any atom is -0.314 e. The van der Waals surface area contributed by atoms with Crippen LogP contribution in [-0.4, -0.2) is 12.6 Å². The van der Waals surface area contributed by atoms with Crippen LogP contribution in [0, 0.1) is 5.92 Å². The second kappa shape index (κ2) is 2.91. The van der Waals surface area contributed by atoms with Crippen LogP contribution < -0.4 is 5.32 Å². The zero-order valence-corrected chi connectivity index (χ0v) is 6.60. The molecule has 0 amide bonds. The Morgan fingerprint density at radius 1 is 0.900 bits per heavy atom. The minimum atomic E-state index is 0.905. The van der Waals surface area contributed by atoms with E-state index in [9.17, 15) is 0 Å². The van der Waals surface area contributed by atoms with Crippen LogP contribution in [0.2, 0.25) is 0 Å². The first-order chi connectivity index (χ1) is 4.97. The molecular weight excluding hydrogens is 122 g/mol.